The summed E-state index contributed by atoms with van der Waals surface area (Å²) in [5, 5.41) is 10.2. The molecule has 2 aromatic rings. The van der Waals surface area contributed by atoms with E-state index in [4.69, 9.17) is 4.74 Å². The lowest BCUT2D eigenvalue weighted by Gasteiger charge is -2.21. The average molecular weight is 293 g/mol. The average Bonchev–Trinajstić information content (AvgIpc) is 3.06. The van der Waals surface area contributed by atoms with Gasteiger partial charge in [-0.1, -0.05) is 13.0 Å². The molecule has 110 valence electrons. The van der Waals surface area contributed by atoms with Gasteiger partial charge in [-0.25, -0.2) is 0 Å². The van der Waals surface area contributed by atoms with Crippen LogP contribution in [-0.2, 0) is 6.42 Å². The maximum Gasteiger partial charge on any atom is 0.161 e. The van der Waals surface area contributed by atoms with Crippen LogP contribution >= 0.6 is 11.3 Å². The molecule has 1 atom stereocenters. The Labute approximate surface area is 124 Å². The number of methoxy groups -OCH3 is 1. The summed E-state index contributed by atoms with van der Waals surface area (Å²) in [4.78, 5) is 1.37. The molecule has 4 nitrogen and oxygen atoms in total. The van der Waals surface area contributed by atoms with Gasteiger partial charge in [0, 0.05) is 17.3 Å². The van der Waals surface area contributed by atoms with Gasteiger partial charge in [0.25, 0.3) is 0 Å². The van der Waals surface area contributed by atoms with Gasteiger partial charge in [-0.05, 0) is 31.8 Å². The van der Waals surface area contributed by atoms with Crippen molar-refractivity contribution in [2.75, 3.05) is 13.7 Å². The summed E-state index contributed by atoms with van der Waals surface area (Å²) in [6, 6.07) is 4.81. The molecule has 0 amide bonds. The predicted octanol–water partition coefficient (Wildman–Crippen LogP) is 3.43. The lowest BCUT2D eigenvalue weighted by molar-refractivity contribution is 0.384. The van der Waals surface area contributed by atoms with Crippen LogP contribution in [0.5, 0.6) is 5.75 Å². The molecule has 0 aromatic carbocycles. The zero-order valence-corrected chi connectivity index (χ0v) is 13.4. The first-order chi connectivity index (χ1) is 9.67. The number of nitrogens with one attached hydrogen (secondary N) is 1. The first-order valence-electron chi connectivity index (χ1n) is 7.04. The number of nitrogens with zero attached hydrogens (tertiary/aromatic N) is 2. The highest BCUT2D eigenvalue weighted by molar-refractivity contribution is 7.09. The molecule has 2 rings (SSSR count). The minimum atomic E-state index is 0.221. The van der Waals surface area contributed by atoms with Crippen LogP contribution in [0.3, 0.4) is 0 Å². The van der Waals surface area contributed by atoms with Crippen molar-refractivity contribution in [1.82, 2.24) is 15.1 Å². The molecule has 2 aromatic heterocycles. The van der Waals surface area contributed by atoms with Crippen LogP contribution in [0, 0.1) is 0 Å². The molecule has 5 heteroatoms. The minimum Gasteiger partial charge on any atom is -0.493 e. The molecule has 0 aliphatic rings. The summed E-state index contributed by atoms with van der Waals surface area (Å²) in [6.07, 6.45) is 2.77. The third-order valence-corrected chi connectivity index (χ3v) is 4.17. The van der Waals surface area contributed by atoms with Gasteiger partial charge in [-0.15, -0.1) is 11.3 Å². The molecule has 1 N–H and O–H groups in total. The Kier molecular flexibility index (Phi) is 5.20. The number of rotatable bonds is 7. The molecule has 0 saturated heterocycles. The second-order valence-corrected chi connectivity index (χ2v) is 6.06. The summed E-state index contributed by atoms with van der Waals surface area (Å²) in [5.41, 5.74) is 1.14. The van der Waals surface area contributed by atoms with Crippen molar-refractivity contribution in [3.05, 3.63) is 34.3 Å². The van der Waals surface area contributed by atoms with E-state index < -0.39 is 0 Å². The zero-order valence-electron chi connectivity index (χ0n) is 12.6. The first-order valence-corrected chi connectivity index (χ1v) is 7.92. The molecular weight excluding hydrogens is 270 g/mol. The molecule has 0 bridgehead atoms. The van der Waals surface area contributed by atoms with Gasteiger partial charge in [-0.3, -0.25) is 4.68 Å². The molecule has 0 spiro atoms. The van der Waals surface area contributed by atoms with Crippen LogP contribution in [0.15, 0.2) is 23.7 Å². The number of hydrogen-bond donors (Lipinski definition) is 1. The maximum absolute atomic E-state index is 5.50. The predicted molar refractivity (Wildman–Crippen MR) is 83.6 cm³/mol. The molecule has 20 heavy (non-hydrogen) atoms. The molecule has 0 fully saturated rings. The van der Waals surface area contributed by atoms with E-state index in [1.165, 1.54) is 4.88 Å². The number of ether oxygens (including phenoxy) is 1. The zero-order chi connectivity index (χ0) is 14.5. The number of likely N-dealkylation sites (N-methyl/N-ethyl adjacent to an activating group) is 1. The largest absolute Gasteiger partial charge is 0.493 e. The van der Waals surface area contributed by atoms with E-state index in [1.54, 1.807) is 18.4 Å². The molecule has 0 radical (unpaired) electrons. The molecule has 0 aliphatic carbocycles. The van der Waals surface area contributed by atoms with E-state index in [0.717, 1.165) is 24.4 Å². The molecular formula is C15H23N3OS. The van der Waals surface area contributed by atoms with Crippen LogP contribution < -0.4 is 10.1 Å². The minimum absolute atomic E-state index is 0.221. The highest BCUT2D eigenvalue weighted by Gasteiger charge is 2.23. The van der Waals surface area contributed by atoms with Crippen LogP contribution in [-0.4, -0.2) is 23.4 Å². The van der Waals surface area contributed by atoms with Crippen molar-refractivity contribution < 1.29 is 4.74 Å². The fourth-order valence-corrected chi connectivity index (χ4v) is 3.15. The van der Waals surface area contributed by atoms with Crippen molar-refractivity contribution >= 4 is 11.3 Å². The van der Waals surface area contributed by atoms with E-state index in [1.807, 2.05) is 6.20 Å². The van der Waals surface area contributed by atoms with Crippen molar-refractivity contribution in [1.29, 1.82) is 0 Å². The summed E-state index contributed by atoms with van der Waals surface area (Å²) < 4.78 is 7.56. The van der Waals surface area contributed by atoms with E-state index in [2.05, 4.69) is 53.4 Å². The van der Waals surface area contributed by atoms with E-state index in [9.17, 15) is 0 Å². The van der Waals surface area contributed by atoms with Crippen molar-refractivity contribution in [2.24, 2.45) is 0 Å². The Morgan fingerprint density at radius 2 is 2.25 bits per heavy atom. The Hall–Kier alpha value is -1.33. The van der Waals surface area contributed by atoms with Gasteiger partial charge in [0.05, 0.1) is 25.0 Å². The third kappa shape index (κ3) is 3.22. The van der Waals surface area contributed by atoms with Gasteiger partial charge >= 0.3 is 0 Å². The van der Waals surface area contributed by atoms with Gasteiger partial charge in [0.1, 0.15) is 0 Å². The van der Waals surface area contributed by atoms with Crippen LogP contribution in [0.25, 0.3) is 0 Å². The van der Waals surface area contributed by atoms with Gasteiger partial charge in [-0.2, -0.15) is 5.10 Å². The van der Waals surface area contributed by atoms with Gasteiger partial charge in [0.15, 0.2) is 5.75 Å². The lowest BCUT2D eigenvalue weighted by atomic mass is 10.1. The smallest absolute Gasteiger partial charge is 0.161 e. The summed E-state index contributed by atoms with van der Waals surface area (Å²) in [6.45, 7) is 7.33. The van der Waals surface area contributed by atoms with E-state index >= 15 is 0 Å². The highest BCUT2D eigenvalue weighted by Crippen LogP contribution is 2.30. The second kappa shape index (κ2) is 6.90. The summed E-state index contributed by atoms with van der Waals surface area (Å²) >= 11 is 1.79. The molecule has 1 unspecified atom stereocenters. The molecule has 0 saturated carbocycles. The Morgan fingerprint density at radius 3 is 2.80 bits per heavy atom. The maximum atomic E-state index is 5.50. The highest BCUT2D eigenvalue weighted by atomic mass is 32.1. The quantitative estimate of drug-likeness (QED) is 0.850. The Bertz CT molecular complexity index is 519. The van der Waals surface area contributed by atoms with Crippen molar-refractivity contribution in [3.63, 3.8) is 0 Å². The standard InChI is InChI=1S/C15H23N3OS/c1-5-16-13(9-12-7-6-8-20-12)15-14(19-4)10-17-18(15)11(2)3/h6-8,10-11,13,16H,5,9H2,1-4H3. The fraction of sp³-hybridized carbons (Fsp3) is 0.533. The van der Waals surface area contributed by atoms with Crippen LogP contribution in [0.4, 0.5) is 0 Å². The number of aromatic nitrogens is 2. The normalized spacial score (nSPS) is 12.8. The lowest BCUT2D eigenvalue weighted by Crippen LogP contribution is -2.26. The van der Waals surface area contributed by atoms with Crippen LogP contribution in [0.1, 0.15) is 43.4 Å². The SMILES string of the molecule is CCNC(Cc1cccs1)c1c(OC)cnn1C(C)C. The van der Waals surface area contributed by atoms with Gasteiger partial charge in [0.2, 0.25) is 0 Å². The number of thiophene rings is 1. The third-order valence-electron chi connectivity index (χ3n) is 3.27. The monoisotopic (exact) mass is 293 g/mol. The summed E-state index contributed by atoms with van der Waals surface area (Å²) in [7, 11) is 1.71. The Balaban J connectivity index is 2.34. The van der Waals surface area contributed by atoms with Crippen LogP contribution in [0.2, 0.25) is 0 Å². The fourth-order valence-electron chi connectivity index (χ4n) is 2.40. The van der Waals surface area contributed by atoms with Crippen molar-refractivity contribution in [2.45, 2.75) is 39.3 Å². The van der Waals surface area contributed by atoms with E-state index in [0.29, 0.717) is 6.04 Å². The summed E-state index contributed by atoms with van der Waals surface area (Å²) in [5.74, 6) is 0.862. The first kappa shape index (κ1) is 15.1. The number of hydrogen-bond acceptors (Lipinski definition) is 4. The Morgan fingerprint density at radius 1 is 1.45 bits per heavy atom. The second-order valence-electron chi connectivity index (χ2n) is 5.03. The molecule has 0 aliphatic heterocycles. The molecule has 2 heterocycles. The van der Waals surface area contributed by atoms with E-state index in [-0.39, 0.29) is 6.04 Å². The van der Waals surface area contributed by atoms with Crippen molar-refractivity contribution in [3.8, 4) is 5.75 Å². The van der Waals surface area contributed by atoms with Gasteiger partial charge < -0.3 is 10.1 Å². The topological polar surface area (TPSA) is 39.1 Å².